The van der Waals surface area contributed by atoms with Crippen molar-refractivity contribution in [3.63, 3.8) is 0 Å². The van der Waals surface area contributed by atoms with Crippen LogP contribution in [0, 0.1) is 29.4 Å². The Balaban J connectivity index is 0.000000444. The number of hydrogen-bond donors (Lipinski definition) is 3. The van der Waals surface area contributed by atoms with Gasteiger partial charge in [0.05, 0.1) is 12.1 Å². The number of nitrogens with zero attached hydrogens (tertiary/aromatic N) is 2. The van der Waals surface area contributed by atoms with E-state index in [4.69, 9.17) is 10.2 Å². The van der Waals surface area contributed by atoms with E-state index < -0.39 is 11.9 Å². The lowest BCUT2D eigenvalue weighted by atomic mass is 9.53. The van der Waals surface area contributed by atoms with Gasteiger partial charge in [0, 0.05) is 43.9 Å². The molecule has 1 aliphatic heterocycles. The van der Waals surface area contributed by atoms with Crippen molar-refractivity contribution in [2.24, 2.45) is 17.8 Å². The second-order valence-electron chi connectivity index (χ2n) is 13.3. The molecular weight excluding hydrogens is 580 g/mol. The number of carboxylic acid groups (broad SMARTS) is 2. The number of carboxylic acids is 2. The van der Waals surface area contributed by atoms with Gasteiger partial charge in [-0.05, 0) is 105 Å². The summed E-state index contributed by atoms with van der Waals surface area (Å²) in [5.41, 5.74) is 2.02. The third-order valence-corrected chi connectivity index (χ3v) is 10.0. The number of amides is 1. The van der Waals surface area contributed by atoms with Crippen LogP contribution in [0.1, 0.15) is 69.0 Å². The molecule has 5 aliphatic rings. The molecule has 4 bridgehead atoms. The second-order valence-corrected chi connectivity index (χ2v) is 13.3. The average molecular weight is 624 g/mol. The van der Waals surface area contributed by atoms with Crippen LogP contribution in [0.5, 0.6) is 0 Å². The first kappa shape index (κ1) is 32.8. The summed E-state index contributed by atoms with van der Waals surface area (Å²) in [6.07, 6.45) is 9.67. The molecule has 3 N–H and O–H groups in total. The molecule has 2 aromatic carbocycles. The number of rotatable bonds is 8. The maximum atomic E-state index is 13.7. The molecule has 0 radical (unpaired) electrons. The van der Waals surface area contributed by atoms with Gasteiger partial charge in [0.1, 0.15) is 11.6 Å². The summed E-state index contributed by atoms with van der Waals surface area (Å²) in [7, 11) is 0. The molecule has 1 amide bonds. The van der Waals surface area contributed by atoms with E-state index in [1.807, 2.05) is 24.3 Å². The van der Waals surface area contributed by atoms with Crippen LogP contribution in [-0.2, 0) is 14.4 Å². The lowest BCUT2D eigenvalue weighted by Crippen LogP contribution is -2.62. The van der Waals surface area contributed by atoms with E-state index in [-0.39, 0.29) is 35.2 Å². The third-order valence-electron chi connectivity index (χ3n) is 10.0. The van der Waals surface area contributed by atoms with Crippen molar-refractivity contribution in [2.45, 2.75) is 69.5 Å². The molecule has 0 aromatic heterocycles. The summed E-state index contributed by atoms with van der Waals surface area (Å²) in [6.45, 7) is 5.36. The van der Waals surface area contributed by atoms with Crippen LogP contribution in [0.15, 0.2) is 60.7 Å². The zero-order chi connectivity index (χ0) is 32.1. The maximum absolute atomic E-state index is 13.7. The van der Waals surface area contributed by atoms with E-state index in [9.17, 15) is 23.2 Å². The summed E-state index contributed by atoms with van der Waals surface area (Å²) < 4.78 is 27.4. The lowest BCUT2D eigenvalue weighted by Gasteiger charge is -2.57. The van der Waals surface area contributed by atoms with Crippen LogP contribution in [0.3, 0.4) is 0 Å². The van der Waals surface area contributed by atoms with E-state index in [1.165, 1.54) is 62.8 Å². The summed E-state index contributed by atoms with van der Waals surface area (Å²) >= 11 is 0. The first-order valence-corrected chi connectivity index (χ1v) is 16.0. The number of halogens is 2. The van der Waals surface area contributed by atoms with E-state index in [0.29, 0.717) is 12.2 Å². The molecule has 242 valence electrons. The van der Waals surface area contributed by atoms with Gasteiger partial charge in [-0.1, -0.05) is 24.3 Å². The quantitative estimate of drug-likeness (QED) is 0.345. The first-order valence-electron chi connectivity index (χ1n) is 16.0. The van der Waals surface area contributed by atoms with Crippen LogP contribution in [0.2, 0.25) is 0 Å². The number of aliphatic carboxylic acids is 2. The Morgan fingerprint density at radius 3 is 1.62 bits per heavy atom. The Morgan fingerprint density at radius 2 is 1.18 bits per heavy atom. The van der Waals surface area contributed by atoms with E-state index in [1.54, 1.807) is 0 Å². The highest BCUT2D eigenvalue weighted by molar-refractivity contribution is 5.89. The molecular formula is C35H43F2N3O5. The van der Waals surface area contributed by atoms with Crippen molar-refractivity contribution >= 4 is 17.8 Å². The highest BCUT2D eigenvalue weighted by Gasteiger charge is 2.51. The fourth-order valence-corrected chi connectivity index (χ4v) is 8.45. The molecule has 1 heterocycles. The Morgan fingerprint density at radius 1 is 0.756 bits per heavy atom. The van der Waals surface area contributed by atoms with Gasteiger partial charge < -0.3 is 15.5 Å². The molecule has 4 saturated carbocycles. The fraction of sp³-hybridized carbons (Fsp3) is 0.514. The minimum Gasteiger partial charge on any atom is -0.478 e. The summed E-state index contributed by atoms with van der Waals surface area (Å²) in [4.78, 5) is 37.3. The van der Waals surface area contributed by atoms with Gasteiger partial charge in [0.2, 0.25) is 5.91 Å². The molecule has 0 spiro atoms. The van der Waals surface area contributed by atoms with Crippen LogP contribution in [0.4, 0.5) is 8.78 Å². The number of carbonyl (C=O) groups excluding carboxylic acids is 1. The van der Waals surface area contributed by atoms with E-state index >= 15 is 0 Å². The molecule has 5 fully saturated rings. The molecule has 10 heteroatoms. The largest absolute Gasteiger partial charge is 0.478 e. The molecule has 7 rings (SSSR count). The third kappa shape index (κ3) is 8.35. The number of hydrogen-bond acceptors (Lipinski definition) is 5. The Bertz CT molecular complexity index is 1280. The minimum atomic E-state index is -1.26. The van der Waals surface area contributed by atoms with Crippen molar-refractivity contribution < 1.29 is 33.4 Å². The fourth-order valence-electron chi connectivity index (χ4n) is 8.45. The Hall–Kier alpha value is -3.63. The predicted octanol–water partition coefficient (Wildman–Crippen LogP) is 5.25. The predicted molar refractivity (Wildman–Crippen MR) is 165 cm³/mol. The second kappa shape index (κ2) is 14.2. The summed E-state index contributed by atoms with van der Waals surface area (Å²) in [5.74, 6) is -0.427. The van der Waals surface area contributed by atoms with Crippen molar-refractivity contribution in [3.8, 4) is 0 Å². The molecule has 2 aromatic rings. The zero-order valence-electron chi connectivity index (χ0n) is 25.7. The zero-order valence-corrected chi connectivity index (χ0v) is 25.7. The van der Waals surface area contributed by atoms with Gasteiger partial charge >= 0.3 is 11.9 Å². The summed E-state index contributed by atoms with van der Waals surface area (Å²) in [6, 6.07) is 13.0. The van der Waals surface area contributed by atoms with Crippen LogP contribution < -0.4 is 5.32 Å². The van der Waals surface area contributed by atoms with Crippen molar-refractivity contribution in [3.05, 3.63) is 83.4 Å². The monoisotopic (exact) mass is 623 g/mol. The molecule has 1 atom stereocenters. The van der Waals surface area contributed by atoms with E-state index in [2.05, 4.69) is 22.0 Å². The Labute approximate surface area is 263 Å². The standard InChI is InChI=1S/C31H39F2N3O.C4H4O4/c1-21(30(37)34-31-18-22-15-23(19-31)17-24(16-22)20-31)35-11-2-12-36(14-13-35)29(25-3-7-27(32)8-4-25)26-5-9-28(33)10-6-26;5-3(6)1-2-4(7)8/h3-10,21-24,29H,2,11-20H2,1H3,(H,34,37);1-2H,(H,5,6)(H,7,8). The van der Waals surface area contributed by atoms with E-state index in [0.717, 1.165) is 61.5 Å². The van der Waals surface area contributed by atoms with Gasteiger partial charge in [-0.15, -0.1) is 0 Å². The lowest BCUT2D eigenvalue weighted by molar-refractivity contribution is -0.134. The topological polar surface area (TPSA) is 110 Å². The highest BCUT2D eigenvalue weighted by Crippen LogP contribution is 2.55. The van der Waals surface area contributed by atoms with Crippen molar-refractivity contribution in [2.75, 3.05) is 26.2 Å². The van der Waals surface area contributed by atoms with Gasteiger partial charge in [-0.3, -0.25) is 14.6 Å². The highest BCUT2D eigenvalue weighted by atomic mass is 19.1. The van der Waals surface area contributed by atoms with Crippen LogP contribution in [0.25, 0.3) is 0 Å². The molecule has 45 heavy (non-hydrogen) atoms. The first-order chi connectivity index (χ1) is 21.5. The Kier molecular flexibility index (Phi) is 10.3. The number of nitrogens with one attached hydrogen (secondary N) is 1. The molecule has 1 saturated heterocycles. The number of benzene rings is 2. The van der Waals surface area contributed by atoms with Crippen molar-refractivity contribution in [1.82, 2.24) is 15.1 Å². The van der Waals surface area contributed by atoms with Crippen LogP contribution in [-0.4, -0.2) is 75.6 Å². The smallest absolute Gasteiger partial charge is 0.328 e. The SMILES string of the molecule is CC(C(=O)NC12CC3CC(CC(C3)C1)C2)N1CCCN(C(c2ccc(F)cc2)c2ccc(F)cc2)CC1.O=C(O)C=CC(=O)O. The molecule has 4 aliphatic carbocycles. The maximum Gasteiger partial charge on any atom is 0.328 e. The van der Waals surface area contributed by atoms with Gasteiger partial charge in [0.15, 0.2) is 0 Å². The van der Waals surface area contributed by atoms with Gasteiger partial charge in [-0.25, -0.2) is 18.4 Å². The van der Waals surface area contributed by atoms with Crippen molar-refractivity contribution in [1.29, 1.82) is 0 Å². The van der Waals surface area contributed by atoms with Gasteiger partial charge in [-0.2, -0.15) is 0 Å². The molecule has 8 nitrogen and oxygen atoms in total. The number of carbonyl (C=O) groups is 3. The normalized spacial score (nSPS) is 27.1. The molecule has 1 unspecified atom stereocenters. The van der Waals surface area contributed by atoms with Gasteiger partial charge in [0.25, 0.3) is 0 Å². The summed E-state index contributed by atoms with van der Waals surface area (Å²) in [5, 5.41) is 19.2. The van der Waals surface area contributed by atoms with Crippen LogP contribution >= 0.6 is 0 Å². The average Bonchev–Trinajstić information content (AvgIpc) is 3.23. The minimum absolute atomic E-state index is 0.0360.